The smallest absolute Gasteiger partial charge is 0.338 e. The van der Waals surface area contributed by atoms with Crippen LogP contribution in [0.1, 0.15) is 21.5 Å². The maximum atomic E-state index is 13.3. The van der Waals surface area contributed by atoms with E-state index < -0.39 is 18.5 Å². The molecular weight excluding hydrogens is 436 g/mol. The van der Waals surface area contributed by atoms with Crippen molar-refractivity contribution in [3.63, 3.8) is 0 Å². The fourth-order valence-electron chi connectivity index (χ4n) is 3.89. The molecule has 2 N–H and O–H groups in total. The van der Waals surface area contributed by atoms with Crippen molar-refractivity contribution in [2.75, 3.05) is 25.2 Å². The molecule has 8 nitrogen and oxygen atoms in total. The van der Waals surface area contributed by atoms with Crippen LogP contribution in [0, 0.1) is 0 Å². The molecule has 0 spiro atoms. The molecule has 3 aromatic rings. The predicted octanol–water partition coefficient (Wildman–Crippen LogP) is 3.18. The Hall–Kier alpha value is -4.33. The Kier molecular flexibility index (Phi) is 6.77. The minimum atomic E-state index is -0.690. The number of methoxy groups -OCH3 is 1. The minimum absolute atomic E-state index is 0.174. The second-order valence-corrected chi connectivity index (χ2v) is 7.68. The fraction of sp³-hybridized carbons (Fsp3) is 0.192. The van der Waals surface area contributed by atoms with Crippen LogP contribution in [0.3, 0.4) is 0 Å². The molecule has 0 aromatic heterocycles. The Morgan fingerprint density at radius 2 is 1.47 bits per heavy atom. The first-order valence-electron chi connectivity index (χ1n) is 10.7. The van der Waals surface area contributed by atoms with Gasteiger partial charge in [-0.1, -0.05) is 36.4 Å². The summed E-state index contributed by atoms with van der Waals surface area (Å²) in [6, 6.07) is 19.8. The van der Waals surface area contributed by atoms with Crippen molar-refractivity contribution in [1.29, 1.82) is 0 Å². The Morgan fingerprint density at radius 3 is 2.06 bits per heavy atom. The van der Waals surface area contributed by atoms with E-state index in [0.717, 1.165) is 35.3 Å². The van der Waals surface area contributed by atoms with E-state index in [4.69, 9.17) is 19.9 Å². The van der Waals surface area contributed by atoms with Crippen molar-refractivity contribution in [2.24, 2.45) is 5.73 Å². The summed E-state index contributed by atoms with van der Waals surface area (Å²) in [6.45, 7) is -0.767. The zero-order chi connectivity index (χ0) is 24.1. The summed E-state index contributed by atoms with van der Waals surface area (Å²) in [7, 11) is 1.40. The first-order chi connectivity index (χ1) is 16.5. The van der Waals surface area contributed by atoms with E-state index in [0.29, 0.717) is 0 Å². The molecule has 0 aliphatic carbocycles. The highest BCUT2D eigenvalue weighted by Gasteiger charge is 2.26. The number of nitrogens with two attached hydrogens (primary N) is 1. The van der Waals surface area contributed by atoms with Crippen LogP contribution in [-0.2, 0) is 27.2 Å². The molecule has 1 heterocycles. The maximum absolute atomic E-state index is 13.3. The standard InChI is InChI=1S/C26H24N2O6/c1-32-23-14-19(12-13-22(23)33-15-24(27)29)26(31)34-16-25(30)28-20-8-4-2-6-17(20)10-11-18-7-3-5-9-21(18)28/h2-9,12-14H,10-11,15-16H2,1H3,(H2,27,29). The van der Waals surface area contributed by atoms with E-state index in [-0.39, 0.29) is 29.6 Å². The molecule has 1 aliphatic heterocycles. The third kappa shape index (κ3) is 4.85. The molecule has 0 unspecified atom stereocenters. The second kappa shape index (κ2) is 10.1. The normalized spacial score (nSPS) is 12.1. The van der Waals surface area contributed by atoms with E-state index in [2.05, 4.69) is 0 Å². The Labute approximate surface area is 196 Å². The highest BCUT2D eigenvalue weighted by molar-refractivity contribution is 6.04. The number of hydrogen-bond acceptors (Lipinski definition) is 6. The van der Waals surface area contributed by atoms with E-state index in [1.165, 1.54) is 25.3 Å². The largest absolute Gasteiger partial charge is 0.493 e. The molecule has 0 radical (unpaired) electrons. The van der Waals surface area contributed by atoms with Crippen LogP contribution in [0.5, 0.6) is 11.5 Å². The molecule has 0 fully saturated rings. The maximum Gasteiger partial charge on any atom is 0.338 e. The zero-order valence-corrected chi connectivity index (χ0v) is 18.7. The van der Waals surface area contributed by atoms with Crippen LogP contribution < -0.4 is 20.1 Å². The summed E-state index contributed by atoms with van der Waals surface area (Å²) < 4.78 is 15.8. The topological polar surface area (TPSA) is 108 Å². The number of primary amides is 1. The molecule has 34 heavy (non-hydrogen) atoms. The molecule has 2 amide bonds. The number of anilines is 2. The summed E-state index contributed by atoms with van der Waals surface area (Å²) in [4.78, 5) is 38.5. The number of fused-ring (bicyclic) bond motifs is 2. The molecular formula is C26H24N2O6. The van der Waals surface area contributed by atoms with Crippen LogP contribution in [-0.4, -0.2) is 38.1 Å². The van der Waals surface area contributed by atoms with E-state index in [1.54, 1.807) is 4.90 Å². The third-order valence-electron chi connectivity index (χ3n) is 5.47. The van der Waals surface area contributed by atoms with Gasteiger partial charge < -0.3 is 19.9 Å². The zero-order valence-electron chi connectivity index (χ0n) is 18.7. The fourth-order valence-corrected chi connectivity index (χ4v) is 3.89. The third-order valence-corrected chi connectivity index (χ3v) is 5.47. The number of aryl methyl sites for hydroxylation is 2. The number of benzene rings is 3. The van der Waals surface area contributed by atoms with Gasteiger partial charge >= 0.3 is 5.97 Å². The van der Waals surface area contributed by atoms with Crippen LogP contribution in [0.2, 0.25) is 0 Å². The molecule has 0 bridgehead atoms. The average molecular weight is 460 g/mol. The Bertz CT molecular complexity index is 1190. The molecule has 0 saturated heterocycles. The number of carbonyl (C=O) groups is 3. The van der Waals surface area contributed by atoms with Crippen molar-refractivity contribution in [3.05, 3.63) is 83.4 Å². The molecule has 174 valence electrons. The summed E-state index contributed by atoms with van der Waals surface area (Å²) in [5.74, 6) is -1.20. The van der Waals surface area contributed by atoms with Gasteiger partial charge in [0.2, 0.25) is 0 Å². The second-order valence-electron chi connectivity index (χ2n) is 7.68. The lowest BCUT2D eigenvalue weighted by Gasteiger charge is -2.24. The summed E-state index contributed by atoms with van der Waals surface area (Å²) >= 11 is 0. The number of amides is 2. The van der Waals surface area contributed by atoms with Gasteiger partial charge in [-0.2, -0.15) is 0 Å². The lowest BCUT2D eigenvalue weighted by Crippen LogP contribution is -2.31. The number of nitrogens with zero attached hydrogens (tertiary/aromatic N) is 1. The predicted molar refractivity (Wildman–Crippen MR) is 125 cm³/mol. The molecule has 0 atom stereocenters. The number of rotatable bonds is 7. The number of hydrogen-bond donors (Lipinski definition) is 1. The van der Waals surface area contributed by atoms with Gasteiger partial charge in [0.15, 0.2) is 24.7 Å². The van der Waals surface area contributed by atoms with Crippen molar-refractivity contribution >= 4 is 29.2 Å². The molecule has 0 saturated carbocycles. The molecule has 4 rings (SSSR count). The first kappa shape index (κ1) is 22.8. The summed E-state index contributed by atoms with van der Waals surface area (Å²) in [5.41, 5.74) is 8.94. The SMILES string of the molecule is COc1cc(C(=O)OCC(=O)N2c3ccccc3CCc3ccccc32)ccc1OCC(N)=O. The van der Waals surface area contributed by atoms with Gasteiger partial charge in [-0.3, -0.25) is 14.5 Å². The van der Waals surface area contributed by atoms with E-state index in [9.17, 15) is 14.4 Å². The van der Waals surface area contributed by atoms with Gasteiger partial charge in [0.05, 0.1) is 24.0 Å². The van der Waals surface area contributed by atoms with Crippen molar-refractivity contribution in [2.45, 2.75) is 12.8 Å². The van der Waals surface area contributed by atoms with E-state index in [1.807, 2.05) is 48.5 Å². The van der Waals surface area contributed by atoms with Gasteiger partial charge in [-0.05, 0) is 54.3 Å². The monoisotopic (exact) mass is 460 g/mol. The van der Waals surface area contributed by atoms with Gasteiger partial charge in [-0.15, -0.1) is 0 Å². The number of para-hydroxylation sites is 2. The summed E-state index contributed by atoms with van der Waals surface area (Å²) in [6.07, 6.45) is 1.61. The number of carbonyl (C=O) groups excluding carboxylic acids is 3. The number of ether oxygens (including phenoxy) is 3. The molecule has 1 aliphatic rings. The minimum Gasteiger partial charge on any atom is -0.493 e. The molecule has 3 aromatic carbocycles. The lowest BCUT2D eigenvalue weighted by atomic mass is 10.0. The molecule has 8 heteroatoms. The van der Waals surface area contributed by atoms with Crippen LogP contribution in [0.25, 0.3) is 0 Å². The Morgan fingerprint density at radius 1 is 0.853 bits per heavy atom. The Balaban J connectivity index is 1.52. The van der Waals surface area contributed by atoms with Gasteiger partial charge in [0.1, 0.15) is 0 Å². The quantitative estimate of drug-likeness (QED) is 0.543. The van der Waals surface area contributed by atoms with Crippen molar-refractivity contribution in [1.82, 2.24) is 0 Å². The lowest BCUT2D eigenvalue weighted by molar-refractivity contribution is -0.121. The van der Waals surface area contributed by atoms with Crippen LogP contribution in [0.15, 0.2) is 66.7 Å². The van der Waals surface area contributed by atoms with Gasteiger partial charge in [0, 0.05) is 0 Å². The first-order valence-corrected chi connectivity index (χ1v) is 10.7. The van der Waals surface area contributed by atoms with Crippen molar-refractivity contribution in [3.8, 4) is 11.5 Å². The van der Waals surface area contributed by atoms with Crippen LogP contribution >= 0.6 is 0 Å². The van der Waals surface area contributed by atoms with Crippen molar-refractivity contribution < 1.29 is 28.6 Å². The highest BCUT2D eigenvalue weighted by Crippen LogP contribution is 2.36. The van der Waals surface area contributed by atoms with E-state index >= 15 is 0 Å². The highest BCUT2D eigenvalue weighted by atomic mass is 16.5. The average Bonchev–Trinajstić information content (AvgIpc) is 3.02. The number of esters is 1. The summed E-state index contributed by atoms with van der Waals surface area (Å²) in [5, 5.41) is 0. The van der Waals surface area contributed by atoms with Crippen LogP contribution in [0.4, 0.5) is 11.4 Å². The van der Waals surface area contributed by atoms with Gasteiger partial charge in [-0.25, -0.2) is 4.79 Å². The van der Waals surface area contributed by atoms with Gasteiger partial charge in [0.25, 0.3) is 11.8 Å².